The summed E-state index contributed by atoms with van der Waals surface area (Å²) >= 11 is 0. The van der Waals surface area contributed by atoms with Crippen molar-refractivity contribution in [3.8, 4) is 6.07 Å². The number of para-hydroxylation sites is 1. The average Bonchev–Trinajstić information content (AvgIpc) is 2.83. The van der Waals surface area contributed by atoms with E-state index in [1.807, 2.05) is 35.0 Å². The van der Waals surface area contributed by atoms with Gasteiger partial charge in [-0.25, -0.2) is 10.2 Å². The molecule has 0 atom stereocenters. The first kappa shape index (κ1) is 13.6. The minimum atomic E-state index is -0.616. The molecule has 0 spiro atoms. The van der Waals surface area contributed by atoms with E-state index in [-0.39, 0.29) is 0 Å². The largest absolute Gasteiger partial charge is 0.452 e. The summed E-state index contributed by atoms with van der Waals surface area (Å²) in [6, 6.07) is 9.96. The minimum absolute atomic E-state index is 0.440. The summed E-state index contributed by atoms with van der Waals surface area (Å²) < 4.78 is 6.43. The van der Waals surface area contributed by atoms with Crippen LogP contribution in [0.15, 0.2) is 35.6 Å². The smallest absolute Gasteiger partial charge is 0.427 e. The third kappa shape index (κ3) is 2.95. The van der Waals surface area contributed by atoms with Crippen LogP contribution in [-0.2, 0) is 11.3 Å². The van der Waals surface area contributed by atoms with Gasteiger partial charge in [-0.1, -0.05) is 18.2 Å². The van der Waals surface area contributed by atoms with Crippen molar-refractivity contribution < 1.29 is 9.53 Å². The zero-order chi connectivity index (χ0) is 14.4. The van der Waals surface area contributed by atoms with E-state index in [4.69, 9.17) is 5.26 Å². The van der Waals surface area contributed by atoms with Crippen LogP contribution in [0.4, 0.5) is 4.79 Å². The van der Waals surface area contributed by atoms with Gasteiger partial charge in [-0.05, 0) is 6.07 Å². The topological polar surface area (TPSA) is 79.4 Å². The van der Waals surface area contributed by atoms with Gasteiger partial charge in [0.05, 0.1) is 25.8 Å². The van der Waals surface area contributed by atoms with E-state index in [1.54, 1.807) is 6.21 Å². The Morgan fingerprint density at radius 1 is 1.55 bits per heavy atom. The number of benzene rings is 1. The Labute approximate surface area is 116 Å². The van der Waals surface area contributed by atoms with Gasteiger partial charge in [0.15, 0.2) is 0 Å². The second-order valence-corrected chi connectivity index (χ2v) is 4.06. The fourth-order valence-corrected chi connectivity index (χ4v) is 1.93. The van der Waals surface area contributed by atoms with E-state index in [0.29, 0.717) is 13.0 Å². The summed E-state index contributed by atoms with van der Waals surface area (Å²) in [7, 11) is 1.28. The van der Waals surface area contributed by atoms with Gasteiger partial charge in [-0.3, -0.25) is 0 Å². The molecule has 0 fully saturated rings. The second-order valence-electron chi connectivity index (χ2n) is 4.06. The number of methoxy groups -OCH3 is 1. The van der Waals surface area contributed by atoms with Crippen molar-refractivity contribution in [1.29, 1.82) is 5.26 Å². The molecule has 0 unspecified atom stereocenters. The highest BCUT2D eigenvalue weighted by Gasteiger charge is 2.06. The van der Waals surface area contributed by atoms with Crippen LogP contribution in [0.2, 0.25) is 0 Å². The number of aromatic nitrogens is 1. The number of nitrogens with zero attached hydrogens (tertiary/aromatic N) is 3. The molecule has 2 rings (SSSR count). The molecule has 20 heavy (non-hydrogen) atoms. The quantitative estimate of drug-likeness (QED) is 0.683. The zero-order valence-corrected chi connectivity index (χ0v) is 11.0. The fourth-order valence-electron chi connectivity index (χ4n) is 1.93. The lowest BCUT2D eigenvalue weighted by atomic mass is 10.2. The molecule has 0 saturated heterocycles. The van der Waals surface area contributed by atoms with Gasteiger partial charge < -0.3 is 9.30 Å². The van der Waals surface area contributed by atoms with Gasteiger partial charge in [-0.2, -0.15) is 10.4 Å². The number of aryl methyl sites for hydroxylation is 1. The van der Waals surface area contributed by atoms with Gasteiger partial charge in [0.25, 0.3) is 0 Å². The van der Waals surface area contributed by atoms with E-state index in [0.717, 1.165) is 16.5 Å². The first-order valence-electron chi connectivity index (χ1n) is 6.08. The Morgan fingerprint density at radius 2 is 2.35 bits per heavy atom. The van der Waals surface area contributed by atoms with E-state index < -0.39 is 6.09 Å². The fraction of sp³-hybridized carbons (Fsp3) is 0.214. The molecule has 0 bridgehead atoms. The molecule has 2 aromatic rings. The lowest BCUT2D eigenvalue weighted by molar-refractivity contribution is 0.171. The first-order valence-corrected chi connectivity index (χ1v) is 6.08. The number of hydrazone groups is 1. The monoisotopic (exact) mass is 270 g/mol. The molecule has 1 amide bonds. The zero-order valence-electron chi connectivity index (χ0n) is 11.0. The number of rotatable bonds is 4. The van der Waals surface area contributed by atoms with Gasteiger partial charge >= 0.3 is 6.09 Å². The van der Waals surface area contributed by atoms with Crippen LogP contribution < -0.4 is 5.43 Å². The van der Waals surface area contributed by atoms with Crippen molar-refractivity contribution in [1.82, 2.24) is 9.99 Å². The van der Waals surface area contributed by atoms with Gasteiger partial charge in [-0.15, -0.1) is 0 Å². The molecule has 0 aliphatic heterocycles. The molecule has 0 aliphatic rings. The third-order valence-electron chi connectivity index (χ3n) is 2.83. The van der Waals surface area contributed by atoms with Crippen LogP contribution in [0.25, 0.3) is 10.9 Å². The maximum absolute atomic E-state index is 10.9. The number of nitrogens with one attached hydrogen (secondary N) is 1. The van der Waals surface area contributed by atoms with Crippen molar-refractivity contribution in [2.75, 3.05) is 7.11 Å². The Morgan fingerprint density at radius 3 is 3.10 bits per heavy atom. The first-order chi connectivity index (χ1) is 9.76. The van der Waals surface area contributed by atoms with Gasteiger partial charge in [0.1, 0.15) is 0 Å². The summed E-state index contributed by atoms with van der Waals surface area (Å²) in [5.41, 5.74) is 4.14. The summed E-state index contributed by atoms with van der Waals surface area (Å²) in [5.74, 6) is 0. The Bertz CT molecular complexity index is 682. The molecule has 0 radical (unpaired) electrons. The van der Waals surface area contributed by atoms with Crippen LogP contribution in [-0.4, -0.2) is 24.0 Å². The molecule has 1 heterocycles. The molecule has 0 aliphatic carbocycles. The van der Waals surface area contributed by atoms with Crippen LogP contribution in [0, 0.1) is 11.3 Å². The molecule has 6 nitrogen and oxygen atoms in total. The van der Waals surface area contributed by atoms with Crippen molar-refractivity contribution in [2.45, 2.75) is 13.0 Å². The van der Waals surface area contributed by atoms with Gasteiger partial charge in [0, 0.05) is 29.2 Å². The molecule has 102 valence electrons. The van der Waals surface area contributed by atoms with Crippen molar-refractivity contribution in [2.24, 2.45) is 5.10 Å². The molecule has 1 aromatic carbocycles. The predicted octanol–water partition coefficient (Wildman–Crippen LogP) is 2.24. The number of amides is 1. The number of hydrogen-bond acceptors (Lipinski definition) is 4. The van der Waals surface area contributed by atoms with Crippen LogP contribution in [0.3, 0.4) is 0 Å². The summed E-state index contributed by atoms with van der Waals surface area (Å²) in [6.45, 7) is 0.620. The third-order valence-corrected chi connectivity index (χ3v) is 2.83. The maximum Gasteiger partial charge on any atom is 0.427 e. The Balaban J connectivity index is 2.29. The summed E-state index contributed by atoms with van der Waals surface area (Å²) in [5, 5.41) is 13.5. The van der Waals surface area contributed by atoms with Crippen molar-refractivity contribution in [3.63, 3.8) is 0 Å². The number of carbonyl (C=O) groups is 1. The lowest BCUT2D eigenvalue weighted by Gasteiger charge is -2.00. The standard InChI is InChI=1S/C14H14N4O2/c1-20-14(19)17-16-9-11-10-18(8-4-7-15)13-6-3-2-5-12(11)13/h2-3,5-6,9-10H,4,8H2,1H3,(H,17,19)/b16-9-. The summed E-state index contributed by atoms with van der Waals surface area (Å²) in [4.78, 5) is 10.9. The number of ether oxygens (including phenoxy) is 1. The highest BCUT2D eigenvalue weighted by Crippen LogP contribution is 2.20. The number of hydrogen-bond donors (Lipinski definition) is 1. The molecule has 1 N–H and O–H groups in total. The van der Waals surface area contributed by atoms with Gasteiger partial charge in [0.2, 0.25) is 0 Å². The van der Waals surface area contributed by atoms with Crippen LogP contribution in [0.1, 0.15) is 12.0 Å². The number of carbonyl (C=O) groups excluding carboxylic acids is 1. The van der Waals surface area contributed by atoms with Crippen LogP contribution >= 0.6 is 0 Å². The van der Waals surface area contributed by atoms with E-state index in [9.17, 15) is 4.79 Å². The van der Waals surface area contributed by atoms with E-state index in [2.05, 4.69) is 21.3 Å². The average molecular weight is 270 g/mol. The van der Waals surface area contributed by atoms with Crippen molar-refractivity contribution >= 4 is 23.2 Å². The molecule has 0 saturated carbocycles. The second kappa shape index (κ2) is 6.38. The normalized spacial score (nSPS) is 10.6. The lowest BCUT2D eigenvalue weighted by Crippen LogP contribution is -2.16. The molecular weight excluding hydrogens is 256 g/mol. The molecule has 1 aromatic heterocycles. The minimum Gasteiger partial charge on any atom is -0.452 e. The Hall–Kier alpha value is -2.81. The number of fused-ring (bicyclic) bond motifs is 1. The summed E-state index contributed by atoms with van der Waals surface area (Å²) in [6.07, 6.45) is 3.29. The van der Waals surface area contributed by atoms with Crippen LogP contribution in [0.5, 0.6) is 0 Å². The maximum atomic E-state index is 10.9. The van der Waals surface area contributed by atoms with E-state index in [1.165, 1.54) is 7.11 Å². The van der Waals surface area contributed by atoms with E-state index >= 15 is 0 Å². The predicted molar refractivity (Wildman–Crippen MR) is 75.3 cm³/mol. The SMILES string of the molecule is COC(=O)N/N=C\c1cn(CCC#N)c2ccccc12. The molecular formula is C14H14N4O2. The van der Waals surface area contributed by atoms with Crippen molar-refractivity contribution in [3.05, 3.63) is 36.0 Å². The highest BCUT2D eigenvalue weighted by atomic mass is 16.5. The highest BCUT2D eigenvalue weighted by molar-refractivity contribution is 5.99. The molecule has 6 heteroatoms. The Kier molecular flexibility index (Phi) is 4.35. The number of nitriles is 1.